The lowest BCUT2D eigenvalue weighted by Gasteiger charge is -2.26. The van der Waals surface area contributed by atoms with Crippen molar-refractivity contribution in [2.75, 3.05) is 47.5 Å². The Hall–Kier alpha value is -2.23. The van der Waals surface area contributed by atoms with Gasteiger partial charge in [-0.2, -0.15) is 0 Å². The molecule has 0 aliphatic carbocycles. The second-order valence-corrected chi connectivity index (χ2v) is 28.0. The van der Waals surface area contributed by atoms with Crippen molar-refractivity contribution in [1.29, 1.82) is 0 Å². The number of hydrogen-bond donors (Lipinski definition) is 0. The normalized spacial score (nSPS) is 12.7. The monoisotopic (exact) mass is 1240 g/mol. The summed E-state index contributed by atoms with van der Waals surface area (Å²) in [6.45, 7) is 4.82. The highest BCUT2D eigenvalue weighted by Gasteiger charge is 2.22. The number of ether oxygens (including phenoxy) is 4. The van der Waals surface area contributed by atoms with Crippen LogP contribution in [-0.4, -0.2) is 82.3 Å². The van der Waals surface area contributed by atoms with E-state index in [1.165, 1.54) is 334 Å². The lowest BCUT2D eigenvalue weighted by molar-refractivity contribution is -0.870. The smallest absolute Gasteiger partial charge is 0.306 e. The Morgan fingerprint density at radius 2 is 0.614 bits per heavy atom. The first-order valence-corrected chi connectivity index (χ1v) is 39.0. The lowest BCUT2D eigenvalue weighted by Crippen LogP contribution is -2.44. The van der Waals surface area contributed by atoms with E-state index >= 15 is 0 Å². The van der Waals surface area contributed by atoms with Crippen LogP contribution in [0.5, 0.6) is 0 Å². The largest absolute Gasteiger partial charge is 0.545 e. The number of carbonyl (C=O) groups excluding carboxylic acids is 3. The Kier molecular flexibility index (Phi) is 68.8. The van der Waals surface area contributed by atoms with Gasteiger partial charge in [0.1, 0.15) is 13.2 Å². The SMILES string of the molecule is CCCCCCC/C=C\C/C=C\CCCCCCCCCCCCCCCCCC(=O)OC(COC(=O)CCCCCCCCCCCCCCCCCCCCCCCCCCCCCCCCCCCCCC)COC(OCC[N+](C)(C)C)C(=O)[O-]. The van der Waals surface area contributed by atoms with Crippen molar-refractivity contribution in [2.45, 2.75) is 418 Å². The van der Waals surface area contributed by atoms with Gasteiger partial charge in [0, 0.05) is 12.8 Å². The molecule has 0 aromatic rings. The minimum Gasteiger partial charge on any atom is -0.545 e. The first kappa shape index (κ1) is 85.8. The maximum atomic E-state index is 12.9. The van der Waals surface area contributed by atoms with Crippen LogP contribution in [0.3, 0.4) is 0 Å². The second kappa shape index (κ2) is 70.6. The van der Waals surface area contributed by atoms with Gasteiger partial charge < -0.3 is 33.3 Å². The predicted molar refractivity (Wildman–Crippen MR) is 376 cm³/mol. The maximum Gasteiger partial charge on any atom is 0.306 e. The van der Waals surface area contributed by atoms with Crippen LogP contribution in [0, 0.1) is 0 Å². The molecule has 0 radical (unpaired) electrons. The molecule has 0 amide bonds. The number of allylic oxidation sites excluding steroid dienone is 4. The van der Waals surface area contributed by atoms with Crippen LogP contribution in [0.15, 0.2) is 24.3 Å². The molecular weight excluding hydrogens is 1090 g/mol. The Balaban J connectivity index is 3.96. The molecule has 9 nitrogen and oxygen atoms in total. The van der Waals surface area contributed by atoms with E-state index in [0.29, 0.717) is 17.4 Å². The number of carbonyl (C=O) groups is 3. The fraction of sp³-hybridized carbons (Fsp3) is 0.911. The van der Waals surface area contributed by atoms with Crippen LogP contribution in [-0.2, 0) is 33.3 Å². The molecule has 0 heterocycles. The van der Waals surface area contributed by atoms with Crippen LogP contribution >= 0.6 is 0 Å². The lowest BCUT2D eigenvalue weighted by atomic mass is 10.0. The molecule has 0 aliphatic rings. The Labute approximate surface area is 548 Å². The van der Waals surface area contributed by atoms with E-state index in [1.807, 2.05) is 21.1 Å². The first-order chi connectivity index (χ1) is 43.1. The van der Waals surface area contributed by atoms with Crippen molar-refractivity contribution in [3.63, 3.8) is 0 Å². The summed E-state index contributed by atoms with van der Waals surface area (Å²) >= 11 is 0. The van der Waals surface area contributed by atoms with Crippen LogP contribution in [0.1, 0.15) is 406 Å². The molecule has 0 aliphatic heterocycles. The van der Waals surface area contributed by atoms with Gasteiger partial charge in [0.25, 0.3) is 0 Å². The molecule has 0 rings (SSSR count). The zero-order chi connectivity index (χ0) is 64.0. The maximum absolute atomic E-state index is 12.9. The van der Waals surface area contributed by atoms with Crippen molar-refractivity contribution in [3.8, 4) is 0 Å². The minimum absolute atomic E-state index is 0.151. The summed E-state index contributed by atoms with van der Waals surface area (Å²) in [5.74, 6) is -2.25. The molecule has 0 bridgehead atoms. The molecule has 0 spiro atoms. The highest BCUT2D eigenvalue weighted by atomic mass is 16.7. The highest BCUT2D eigenvalue weighted by Crippen LogP contribution is 2.20. The number of nitrogens with zero attached hydrogens (tertiary/aromatic N) is 1. The van der Waals surface area contributed by atoms with Crippen LogP contribution < -0.4 is 5.11 Å². The third-order valence-electron chi connectivity index (χ3n) is 18.0. The quantitative estimate of drug-likeness (QED) is 0.0195. The fourth-order valence-electron chi connectivity index (χ4n) is 12.0. The summed E-state index contributed by atoms with van der Waals surface area (Å²) < 4.78 is 22.9. The average molecular weight is 1240 g/mol. The number of quaternary nitrogens is 1. The molecule has 2 atom stereocenters. The average Bonchev–Trinajstić information content (AvgIpc) is 3.54. The number of carboxylic acids is 1. The number of esters is 2. The molecule has 0 aromatic heterocycles. The van der Waals surface area contributed by atoms with Gasteiger partial charge in [-0.25, -0.2) is 0 Å². The van der Waals surface area contributed by atoms with Crippen LogP contribution in [0.25, 0.3) is 0 Å². The number of hydrogen-bond acceptors (Lipinski definition) is 8. The van der Waals surface area contributed by atoms with Crippen molar-refractivity contribution in [3.05, 3.63) is 24.3 Å². The topological polar surface area (TPSA) is 111 Å². The summed E-state index contributed by atoms with van der Waals surface area (Å²) in [6.07, 6.45) is 85.9. The van der Waals surface area contributed by atoms with Gasteiger partial charge in [-0.05, 0) is 44.9 Å². The van der Waals surface area contributed by atoms with E-state index in [0.717, 1.165) is 44.9 Å². The van der Waals surface area contributed by atoms with E-state index in [4.69, 9.17) is 18.9 Å². The van der Waals surface area contributed by atoms with Crippen LogP contribution in [0.4, 0.5) is 0 Å². The summed E-state index contributed by atoms with van der Waals surface area (Å²) in [5.41, 5.74) is 0. The van der Waals surface area contributed by atoms with Gasteiger partial charge in [-0.1, -0.05) is 372 Å². The number of unbranched alkanes of at least 4 members (excludes halogenated alkanes) is 55. The molecule has 88 heavy (non-hydrogen) atoms. The van der Waals surface area contributed by atoms with Gasteiger partial charge in [-0.15, -0.1) is 0 Å². The summed E-state index contributed by atoms with van der Waals surface area (Å²) in [4.78, 5) is 37.6. The van der Waals surface area contributed by atoms with E-state index in [2.05, 4.69) is 38.2 Å². The number of carboxylic acid groups (broad SMARTS) is 1. The molecule has 0 saturated carbocycles. The molecule has 9 heteroatoms. The summed E-state index contributed by atoms with van der Waals surface area (Å²) in [7, 11) is 5.95. The predicted octanol–water partition coefficient (Wildman–Crippen LogP) is 23.2. The van der Waals surface area contributed by atoms with E-state index in [-0.39, 0.29) is 32.2 Å². The van der Waals surface area contributed by atoms with Gasteiger partial charge in [0.15, 0.2) is 12.4 Å². The van der Waals surface area contributed by atoms with Crippen molar-refractivity contribution < 1.29 is 42.9 Å². The Morgan fingerprint density at radius 3 is 0.898 bits per heavy atom. The fourth-order valence-corrected chi connectivity index (χ4v) is 12.0. The summed E-state index contributed by atoms with van der Waals surface area (Å²) in [6, 6.07) is 0. The van der Waals surface area contributed by atoms with E-state index in [9.17, 15) is 19.5 Å². The van der Waals surface area contributed by atoms with Gasteiger partial charge in [0.2, 0.25) is 0 Å². The zero-order valence-corrected chi connectivity index (χ0v) is 59.6. The molecule has 0 fully saturated rings. The summed E-state index contributed by atoms with van der Waals surface area (Å²) in [5, 5.41) is 11.8. The van der Waals surface area contributed by atoms with Gasteiger partial charge >= 0.3 is 11.9 Å². The standard InChI is InChI=1S/C79H151NO8/c1-6-8-10-12-14-16-18-20-22-24-26-28-30-32-34-35-36-37-38-39-40-41-42-44-45-47-49-51-53-55-57-59-61-63-65-67-69-76(81)86-73-75(74-87-79(78(83)84)85-72-71-80(3,4)5)88-77(82)70-68-66-64-62-60-58-56-54-52-50-48-46-43-33-31-29-27-25-23-21-19-17-15-13-11-9-7-2/h19,21,25,27,75,79H,6-18,20,22-24,26,28-74H2,1-5H3/b21-19-,27-25-. The Morgan fingerprint density at radius 1 is 0.341 bits per heavy atom. The van der Waals surface area contributed by atoms with Crippen LogP contribution in [0.2, 0.25) is 0 Å². The van der Waals surface area contributed by atoms with E-state index < -0.39 is 24.3 Å². The third kappa shape index (κ3) is 71.2. The molecule has 0 saturated heterocycles. The second-order valence-electron chi connectivity index (χ2n) is 28.0. The number of likely N-dealkylation sites (N-methyl/N-ethyl adjacent to an activating group) is 1. The molecule has 520 valence electrons. The number of aliphatic carboxylic acids is 1. The van der Waals surface area contributed by atoms with Crippen molar-refractivity contribution >= 4 is 17.9 Å². The molecule has 0 aromatic carbocycles. The Bertz CT molecular complexity index is 1490. The van der Waals surface area contributed by atoms with Crippen molar-refractivity contribution in [2.24, 2.45) is 0 Å². The molecule has 0 N–H and O–H groups in total. The third-order valence-corrected chi connectivity index (χ3v) is 18.0. The van der Waals surface area contributed by atoms with Crippen molar-refractivity contribution in [1.82, 2.24) is 0 Å². The first-order valence-electron chi connectivity index (χ1n) is 39.0. The molecule has 2 unspecified atom stereocenters. The van der Waals surface area contributed by atoms with E-state index in [1.54, 1.807) is 0 Å². The minimum atomic E-state index is -1.62. The zero-order valence-electron chi connectivity index (χ0n) is 59.6. The highest BCUT2D eigenvalue weighted by molar-refractivity contribution is 5.70. The molecular formula is C79H151NO8. The van der Waals surface area contributed by atoms with Gasteiger partial charge in [-0.3, -0.25) is 9.59 Å². The van der Waals surface area contributed by atoms with Gasteiger partial charge in [0.05, 0.1) is 40.3 Å². The number of rotatable bonds is 74.